The van der Waals surface area contributed by atoms with Crippen molar-refractivity contribution in [2.24, 2.45) is 5.92 Å². The number of β-amino-alcohol motifs (C(OH)–C–C–N with tert-alkyl or cyclic N) is 1. The molecule has 0 aromatic carbocycles. The quantitative estimate of drug-likeness (QED) is 0.749. The van der Waals surface area contributed by atoms with Crippen LogP contribution in [0.15, 0.2) is 0 Å². The Morgan fingerprint density at radius 2 is 2.20 bits per heavy atom. The largest absolute Gasteiger partial charge is 0.389 e. The Morgan fingerprint density at radius 3 is 2.93 bits per heavy atom. The van der Waals surface area contributed by atoms with E-state index in [1.54, 1.807) is 0 Å². The van der Waals surface area contributed by atoms with Gasteiger partial charge < -0.3 is 14.7 Å². The lowest BCUT2D eigenvalue weighted by atomic mass is 9.88. The lowest BCUT2D eigenvalue weighted by molar-refractivity contribution is -0.0778. The van der Waals surface area contributed by atoms with E-state index in [0.717, 1.165) is 32.7 Å². The van der Waals surface area contributed by atoms with Gasteiger partial charge in [-0.15, -0.1) is 0 Å². The Hall–Kier alpha value is -0.120. The van der Waals surface area contributed by atoms with Crippen LogP contribution in [0, 0.1) is 5.92 Å². The van der Waals surface area contributed by atoms with Crippen LogP contribution in [0.1, 0.15) is 33.1 Å². The van der Waals surface area contributed by atoms with Crippen molar-refractivity contribution in [3.63, 3.8) is 0 Å². The van der Waals surface area contributed by atoms with Crippen molar-refractivity contribution in [3.8, 4) is 0 Å². The molecule has 0 radical (unpaired) electrons. The van der Waals surface area contributed by atoms with Crippen LogP contribution in [0.3, 0.4) is 0 Å². The zero-order chi connectivity index (χ0) is 10.9. The molecule has 2 heterocycles. The van der Waals surface area contributed by atoms with Crippen LogP contribution in [-0.4, -0.2) is 48.0 Å². The van der Waals surface area contributed by atoms with Gasteiger partial charge in [-0.2, -0.15) is 0 Å². The molecule has 0 saturated carbocycles. The summed E-state index contributed by atoms with van der Waals surface area (Å²) in [5.74, 6) is 0.704. The summed E-state index contributed by atoms with van der Waals surface area (Å²) in [4.78, 5) is 2.38. The van der Waals surface area contributed by atoms with Crippen molar-refractivity contribution in [1.82, 2.24) is 4.90 Å². The maximum absolute atomic E-state index is 9.79. The van der Waals surface area contributed by atoms with Gasteiger partial charge in [0.2, 0.25) is 0 Å². The van der Waals surface area contributed by atoms with Crippen LogP contribution in [0.4, 0.5) is 0 Å². The van der Waals surface area contributed by atoms with E-state index < -0.39 is 5.60 Å². The molecule has 1 N–H and O–H groups in total. The number of likely N-dealkylation sites (tertiary alicyclic amines) is 1. The summed E-state index contributed by atoms with van der Waals surface area (Å²) in [6, 6.07) is 0. The molecule has 2 aliphatic rings. The molecular formula is C12H23NO2. The fourth-order valence-electron chi connectivity index (χ4n) is 2.85. The fraction of sp³-hybridized carbons (Fsp3) is 1.00. The van der Waals surface area contributed by atoms with Gasteiger partial charge in [0.25, 0.3) is 0 Å². The van der Waals surface area contributed by atoms with E-state index in [-0.39, 0.29) is 0 Å². The minimum absolute atomic E-state index is 0.497. The Morgan fingerprint density at radius 1 is 1.40 bits per heavy atom. The Labute approximate surface area is 92.4 Å². The van der Waals surface area contributed by atoms with Gasteiger partial charge in [-0.05, 0) is 39.0 Å². The Kier molecular flexibility index (Phi) is 3.33. The molecule has 0 aromatic rings. The highest BCUT2D eigenvalue weighted by molar-refractivity contribution is 4.85. The second-order valence-electron chi connectivity index (χ2n) is 5.65. The van der Waals surface area contributed by atoms with Gasteiger partial charge in [-0.1, -0.05) is 0 Å². The third-order valence-electron chi connectivity index (χ3n) is 3.41. The number of piperidine rings is 1. The first kappa shape index (κ1) is 11.4. The van der Waals surface area contributed by atoms with Crippen molar-refractivity contribution in [2.45, 2.75) is 44.8 Å². The van der Waals surface area contributed by atoms with Crippen LogP contribution in [0.2, 0.25) is 0 Å². The average Bonchev–Trinajstić information content (AvgIpc) is 2.15. The molecule has 2 rings (SSSR count). The normalized spacial score (nSPS) is 33.8. The monoisotopic (exact) mass is 213 g/mol. The number of hydrogen-bond acceptors (Lipinski definition) is 3. The number of rotatable bonds is 2. The van der Waals surface area contributed by atoms with E-state index in [1.807, 2.05) is 13.8 Å². The summed E-state index contributed by atoms with van der Waals surface area (Å²) in [5.41, 5.74) is -0.567. The summed E-state index contributed by atoms with van der Waals surface area (Å²) in [7, 11) is 0. The van der Waals surface area contributed by atoms with Crippen molar-refractivity contribution >= 4 is 0 Å². The first-order chi connectivity index (χ1) is 7.04. The summed E-state index contributed by atoms with van der Waals surface area (Å²) in [6.07, 6.45) is 4.14. The molecule has 2 unspecified atom stereocenters. The van der Waals surface area contributed by atoms with E-state index in [2.05, 4.69) is 4.90 Å². The number of ether oxygens (including phenoxy) is 1. The summed E-state index contributed by atoms with van der Waals surface area (Å²) >= 11 is 0. The van der Waals surface area contributed by atoms with Gasteiger partial charge in [0.15, 0.2) is 0 Å². The second-order valence-corrected chi connectivity index (χ2v) is 5.65. The van der Waals surface area contributed by atoms with Crippen LogP contribution in [0.25, 0.3) is 0 Å². The molecular weight excluding hydrogens is 190 g/mol. The third-order valence-corrected chi connectivity index (χ3v) is 3.41. The predicted molar refractivity (Wildman–Crippen MR) is 59.8 cm³/mol. The smallest absolute Gasteiger partial charge is 0.0718 e. The zero-order valence-corrected chi connectivity index (χ0v) is 9.91. The lowest BCUT2D eigenvalue weighted by Crippen LogP contribution is -2.50. The first-order valence-electron chi connectivity index (χ1n) is 6.11. The molecule has 0 spiro atoms. The zero-order valence-electron chi connectivity index (χ0n) is 9.91. The molecule has 2 saturated heterocycles. The minimum atomic E-state index is -0.567. The summed E-state index contributed by atoms with van der Waals surface area (Å²) in [5, 5.41) is 9.79. The molecule has 2 fully saturated rings. The van der Waals surface area contributed by atoms with Crippen LogP contribution in [-0.2, 0) is 4.74 Å². The summed E-state index contributed by atoms with van der Waals surface area (Å²) in [6.45, 7) is 7.69. The van der Waals surface area contributed by atoms with Gasteiger partial charge in [-0.3, -0.25) is 0 Å². The molecule has 88 valence electrons. The fourth-order valence-corrected chi connectivity index (χ4v) is 2.85. The van der Waals surface area contributed by atoms with Crippen molar-refractivity contribution in [1.29, 1.82) is 0 Å². The van der Waals surface area contributed by atoms with E-state index in [9.17, 15) is 5.11 Å². The molecule has 0 bridgehead atoms. The topological polar surface area (TPSA) is 32.7 Å². The SMILES string of the molecule is CC(C)(O)CN1CCC2OCCCC2C1. The average molecular weight is 213 g/mol. The third kappa shape index (κ3) is 3.16. The Bertz CT molecular complexity index is 212. The number of nitrogens with zero attached hydrogens (tertiary/aromatic N) is 1. The van der Waals surface area contributed by atoms with Crippen LogP contribution >= 0.6 is 0 Å². The number of hydrogen-bond donors (Lipinski definition) is 1. The molecule has 0 amide bonds. The molecule has 15 heavy (non-hydrogen) atoms. The number of fused-ring (bicyclic) bond motifs is 1. The van der Waals surface area contributed by atoms with Crippen LogP contribution < -0.4 is 0 Å². The predicted octanol–water partition coefficient (Wildman–Crippen LogP) is 1.26. The standard InChI is InChI=1S/C12H23NO2/c1-12(2,14)9-13-6-5-11-10(8-13)4-3-7-15-11/h10-11,14H,3-9H2,1-2H3. The van der Waals surface area contributed by atoms with E-state index in [4.69, 9.17) is 4.74 Å². The highest BCUT2D eigenvalue weighted by atomic mass is 16.5. The van der Waals surface area contributed by atoms with E-state index in [1.165, 1.54) is 12.8 Å². The molecule has 2 atom stereocenters. The minimum Gasteiger partial charge on any atom is -0.389 e. The highest BCUT2D eigenvalue weighted by Gasteiger charge is 2.33. The molecule has 3 heteroatoms. The molecule has 2 aliphatic heterocycles. The van der Waals surface area contributed by atoms with Crippen molar-refractivity contribution in [2.75, 3.05) is 26.2 Å². The van der Waals surface area contributed by atoms with Crippen molar-refractivity contribution in [3.05, 3.63) is 0 Å². The van der Waals surface area contributed by atoms with Gasteiger partial charge in [-0.25, -0.2) is 0 Å². The highest BCUT2D eigenvalue weighted by Crippen LogP contribution is 2.28. The van der Waals surface area contributed by atoms with E-state index >= 15 is 0 Å². The molecule has 3 nitrogen and oxygen atoms in total. The van der Waals surface area contributed by atoms with Gasteiger partial charge in [0.05, 0.1) is 11.7 Å². The van der Waals surface area contributed by atoms with Gasteiger partial charge >= 0.3 is 0 Å². The molecule has 0 aliphatic carbocycles. The second kappa shape index (κ2) is 4.40. The van der Waals surface area contributed by atoms with Crippen molar-refractivity contribution < 1.29 is 9.84 Å². The Balaban J connectivity index is 1.85. The maximum atomic E-state index is 9.79. The van der Waals surface area contributed by atoms with E-state index in [0.29, 0.717) is 12.0 Å². The van der Waals surface area contributed by atoms with Gasteiger partial charge in [0.1, 0.15) is 0 Å². The molecule has 0 aromatic heterocycles. The number of aliphatic hydroxyl groups is 1. The van der Waals surface area contributed by atoms with Gasteiger partial charge in [0, 0.05) is 26.2 Å². The first-order valence-corrected chi connectivity index (χ1v) is 6.11. The summed E-state index contributed by atoms with van der Waals surface area (Å²) < 4.78 is 5.77. The lowest BCUT2D eigenvalue weighted by Gasteiger charge is -2.42. The van der Waals surface area contributed by atoms with Crippen LogP contribution in [0.5, 0.6) is 0 Å². The maximum Gasteiger partial charge on any atom is 0.0718 e.